The van der Waals surface area contributed by atoms with E-state index in [-0.39, 0.29) is 23.0 Å². The third kappa shape index (κ3) is 12.6. The first-order chi connectivity index (χ1) is 13.8. The molecule has 0 spiro atoms. The summed E-state index contributed by atoms with van der Waals surface area (Å²) in [5, 5.41) is 16.7. The van der Waals surface area contributed by atoms with Crippen LogP contribution in [0.25, 0.3) is 0 Å². The highest BCUT2D eigenvalue weighted by Gasteiger charge is 2.07. The Morgan fingerprint density at radius 2 is 0.933 bits per heavy atom. The van der Waals surface area contributed by atoms with E-state index in [4.69, 9.17) is 19.3 Å². The van der Waals surface area contributed by atoms with Crippen molar-refractivity contribution in [1.29, 1.82) is 0 Å². The number of hydrogen-bond donors (Lipinski definition) is 4. The fourth-order valence-electron chi connectivity index (χ4n) is 1.87. The number of benzene rings is 2. The lowest BCUT2D eigenvalue weighted by Crippen LogP contribution is -2.25. The maximum absolute atomic E-state index is 10.5. The quantitative estimate of drug-likeness (QED) is 0.465. The van der Waals surface area contributed by atoms with Crippen LogP contribution in [0.5, 0.6) is 0 Å². The van der Waals surface area contributed by atoms with Gasteiger partial charge >= 0.3 is 0 Å². The summed E-state index contributed by atoms with van der Waals surface area (Å²) in [6.45, 7) is 5.29. The molecule has 4 N–H and O–H groups in total. The van der Waals surface area contributed by atoms with Gasteiger partial charge in [0, 0.05) is 13.1 Å². The second kappa shape index (κ2) is 13.4. The normalized spacial score (nSPS) is 11.2. The van der Waals surface area contributed by atoms with Crippen molar-refractivity contribution in [2.75, 3.05) is 33.4 Å². The first-order valence-electron chi connectivity index (χ1n) is 8.79. The van der Waals surface area contributed by atoms with Gasteiger partial charge in [0.1, 0.15) is 0 Å². The van der Waals surface area contributed by atoms with Crippen LogP contribution in [0, 0.1) is 13.8 Å². The van der Waals surface area contributed by atoms with E-state index in [0.717, 1.165) is 11.1 Å². The summed E-state index contributed by atoms with van der Waals surface area (Å²) in [4.78, 5) is 1.73. The van der Waals surface area contributed by atoms with Crippen molar-refractivity contribution in [2.24, 2.45) is 0 Å². The van der Waals surface area contributed by atoms with Crippen LogP contribution in [0.4, 0.5) is 0 Å². The van der Waals surface area contributed by atoms with Crippen molar-refractivity contribution in [2.45, 2.75) is 23.6 Å². The number of rotatable bonds is 6. The molecule has 0 heterocycles. The molecule has 170 valence electrons. The van der Waals surface area contributed by atoms with Gasteiger partial charge in [0.25, 0.3) is 20.2 Å². The number of aryl methyl sites for hydroxylation is 2. The molecule has 0 fully saturated rings. The Bertz CT molecular complexity index is 862. The van der Waals surface area contributed by atoms with E-state index in [1.54, 1.807) is 24.3 Å². The fourth-order valence-corrected chi connectivity index (χ4v) is 2.83. The molecule has 2 aromatic carbocycles. The lowest BCUT2D eigenvalue weighted by atomic mass is 10.2. The summed E-state index contributed by atoms with van der Waals surface area (Å²) < 4.78 is 59.1. The zero-order valence-electron chi connectivity index (χ0n) is 17.1. The van der Waals surface area contributed by atoms with Crippen LogP contribution in [-0.4, -0.2) is 74.4 Å². The first-order valence-corrected chi connectivity index (χ1v) is 11.7. The summed E-state index contributed by atoms with van der Waals surface area (Å²) in [5.41, 5.74) is 1.91. The summed E-state index contributed by atoms with van der Waals surface area (Å²) in [7, 11) is -6.19. The Labute approximate surface area is 178 Å². The highest BCUT2D eigenvalue weighted by atomic mass is 32.2. The lowest BCUT2D eigenvalue weighted by Gasteiger charge is -2.11. The summed E-state index contributed by atoms with van der Waals surface area (Å²) >= 11 is 0. The third-order valence-electron chi connectivity index (χ3n) is 3.60. The average molecular weight is 464 g/mol. The zero-order valence-corrected chi connectivity index (χ0v) is 18.8. The van der Waals surface area contributed by atoms with Crippen LogP contribution in [0.1, 0.15) is 11.1 Å². The minimum Gasteiger partial charge on any atom is -0.395 e. The Balaban J connectivity index is 0.000000428. The molecule has 11 heteroatoms. The Morgan fingerprint density at radius 1 is 0.667 bits per heavy atom. The molecular weight excluding hydrogens is 434 g/mol. The molecule has 0 amide bonds. The van der Waals surface area contributed by atoms with E-state index in [2.05, 4.69) is 0 Å². The summed E-state index contributed by atoms with van der Waals surface area (Å²) in [6, 6.07) is 12.0. The predicted octanol–water partition coefficient (Wildman–Crippen LogP) is 1.39. The van der Waals surface area contributed by atoms with Gasteiger partial charge < -0.3 is 15.1 Å². The van der Waals surface area contributed by atoms with Crippen molar-refractivity contribution in [3.05, 3.63) is 59.7 Å². The van der Waals surface area contributed by atoms with Crippen LogP contribution in [0.3, 0.4) is 0 Å². The number of aliphatic hydroxyl groups is 2. The zero-order chi connectivity index (χ0) is 23.4. The molecule has 2 rings (SSSR count). The van der Waals surface area contributed by atoms with E-state index in [9.17, 15) is 16.8 Å². The largest absolute Gasteiger partial charge is 0.395 e. The van der Waals surface area contributed by atoms with Gasteiger partial charge in [-0.05, 0) is 45.2 Å². The van der Waals surface area contributed by atoms with Crippen LogP contribution in [-0.2, 0) is 20.2 Å². The van der Waals surface area contributed by atoms with Crippen LogP contribution in [0.2, 0.25) is 0 Å². The molecule has 0 saturated carbocycles. The standard InChI is InChI=1S/2C7H8O3S.C5H13NO2/c2*1-6-2-4-7(5-3-6)11(8,9)10;1-6(2-4-7)3-5-8/h2*2-5H,1H3,(H,8,9,10);7-8H,2-5H2,1H3. The summed E-state index contributed by atoms with van der Waals surface area (Å²) in [6.07, 6.45) is 0. The van der Waals surface area contributed by atoms with E-state index in [0.29, 0.717) is 13.1 Å². The third-order valence-corrected chi connectivity index (χ3v) is 5.34. The van der Waals surface area contributed by atoms with Crippen molar-refractivity contribution >= 4 is 20.2 Å². The van der Waals surface area contributed by atoms with E-state index in [1.165, 1.54) is 24.3 Å². The number of hydrogen-bond acceptors (Lipinski definition) is 7. The molecule has 0 aliphatic heterocycles. The fraction of sp³-hybridized carbons (Fsp3) is 0.368. The maximum atomic E-state index is 10.5. The minimum atomic E-state index is -4.02. The lowest BCUT2D eigenvalue weighted by molar-refractivity contribution is 0.184. The Kier molecular flexibility index (Phi) is 12.6. The monoisotopic (exact) mass is 463 g/mol. The van der Waals surface area contributed by atoms with E-state index >= 15 is 0 Å². The molecule has 0 atom stereocenters. The molecule has 30 heavy (non-hydrogen) atoms. The van der Waals surface area contributed by atoms with Gasteiger partial charge in [-0.15, -0.1) is 0 Å². The van der Waals surface area contributed by atoms with Gasteiger partial charge in [-0.2, -0.15) is 16.8 Å². The van der Waals surface area contributed by atoms with Crippen LogP contribution in [0.15, 0.2) is 58.3 Å². The smallest absolute Gasteiger partial charge is 0.294 e. The molecule has 0 unspecified atom stereocenters. The van der Waals surface area contributed by atoms with Gasteiger partial charge in [0.2, 0.25) is 0 Å². The van der Waals surface area contributed by atoms with Gasteiger partial charge in [-0.1, -0.05) is 35.4 Å². The average Bonchev–Trinajstić information content (AvgIpc) is 2.62. The maximum Gasteiger partial charge on any atom is 0.294 e. The highest BCUT2D eigenvalue weighted by molar-refractivity contribution is 7.86. The Morgan fingerprint density at radius 3 is 1.13 bits per heavy atom. The number of likely N-dealkylation sites (N-methyl/N-ethyl adjacent to an activating group) is 1. The highest BCUT2D eigenvalue weighted by Crippen LogP contribution is 2.09. The van der Waals surface area contributed by atoms with Gasteiger partial charge in [0.05, 0.1) is 23.0 Å². The summed E-state index contributed by atoms with van der Waals surface area (Å²) in [5.74, 6) is 0. The van der Waals surface area contributed by atoms with E-state index < -0.39 is 20.2 Å². The molecule has 0 aliphatic carbocycles. The molecule has 0 aliphatic rings. The molecule has 2 aromatic rings. The SMILES string of the molecule is CN(CCO)CCO.Cc1ccc(S(=O)(=O)O)cc1.Cc1ccc(S(=O)(=O)O)cc1. The van der Waals surface area contributed by atoms with Crippen molar-refractivity contribution < 1.29 is 36.2 Å². The molecule has 0 saturated heterocycles. The first kappa shape index (κ1) is 28.1. The molecule has 0 radical (unpaired) electrons. The second-order valence-corrected chi connectivity index (χ2v) is 9.17. The number of aliphatic hydroxyl groups excluding tert-OH is 2. The topological polar surface area (TPSA) is 152 Å². The second-order valence-electron chi connectivity index (χ2n) is 6.33. The van der Waals surface area contributed by atoms with Crippen LogP contribution >= 0.6 is 0 Å². The Hall–Kier alpha value is -1.86. The van der Waals surface area contributed by atoms with Gasteiger partial charge in [0.15, 0.2) is 0 Å². The number of nitrogens with zero attached hydrogens (tertiary/aromatic N) is 1. The predicted molar refractivity (Wildman–Crippen MR) is 114 cm³/mol. The van der Waals surface area contributed by atoms with Crippen LogP contribution < -0.4 is 0 Å². The molecular formula is C19H29NO8S2. The molecule has 0 aromatic heterocycles. The van der Waals surface area contributed by atoms with Crippen molar-refractivity contribution in [3.8, 4) is 0 Å². The van der Waals surface area contributed by atoms with E-state index in [1.807, 2.05) is 25.8 Å². The molecule has 0 bridgehead atoms. The minimum absolute atomic E-state index is 0.0666. The van der Waals surface area contributed by atoms with Gasteiger partial charge in [-0.3, -0.25) is 9.11 Å². The molecule has 9 nitrogen and oxygen atoms in total. The van der Waals surface area contributed by atoms with Crippen molar-refractivity contribution in [1.82, 2.24) is 4.90 Å². The van der Waals surface area contributed by atoms with Gasteiger partial charge in [-0.25, -0.2) is 0 Å². The van der Waals surface area contributed by atoms with Crippen molar-refractivity contribution in [3.63, 3.8) is 0 Å².